The lowest BCUT2D eigenvalue weighted by atomic mass is 10.0. The molecule has 0 saturated heterocycles. The maximum absolute atomic E-state index is 13.3. The van der Waals surface area contributed by atoms with Gasteiger partial charge < -0.3 is 9.40 Å². The van der Waals surface area contributed by atoms with Gasteiger partial charge in [-0.25, -0.2) is 4.98 Å². The summed E-state index contributed by atoms with van der Waals surface area (Å²) in [5, 5.41) is 8.54. The Morgan fingerprint density at radius 2 is 1.84 bits per heavy atom. The fourth-order valence-electron chi connectivity index (χ4n) is 3.56. The van der Waals surface area contributed by atoms with Gasteiger partial charge in [-0.15, -0.1) is 5.10 Å². The molecule has 0 unspecified atom stereocenters. The number of carbonyl (C=O) groups excluding carboxylic acids is 1. The van der Waals surface area contributed by atoms with Gasteiger partial charge in [0.1, 0.15) is 17.3 Å². The van der Waals surface area contributed by atoms with E-state index in [0.29, 0.717) is 16.5 Å². The molecule has 5 aromatic rings. The average Bonchev–Trinajstić information content (AvgIpc) is 3.54. The number of furan rings is 1. The minimum absolute atomic E-state index is 0.0271. The number of aromatic nitrogens is 4. The van der Waals surface area contributed by atoms with Gasteiger partial charge in [0.15, 0.2) is 5.78 Å². The Bertz CT molecular complexity index is 1410. The number of aryl methyl sites for hydroxylation is 1. The average molecular weight is 441 g/mol. The number of fused-ring (bicyclic) bond motifs is 1. The predicted molar refractivity (Wildman–Crippen MR) is 128 cm³/mol. The maximum Gasteiger partial charge on any atom is 0.209 e. The van der Waals surface area contributed by atoms with Crippen molar-refractivity contribution in [3.8, 4) is 11.3 Å². The topological polar surface area (TPSA) is 87.6 Å². The van der Waals surface area contributed by atoms with Crippen LogP contribution in [0.2, 0.25) is 0 Å². The van der Waals surface area contributed by atoms with Gasteiger partial charge in [-0.05, 0) is 42.8 Å². The van der Waals surface area contributed by atoms with Crippen LogP contribution in [0.1, 0.15) is 27.7 Å². The number of H-pyrrole nitrogens is 2. The molecule has 2 N–H and O–H groups in total. The van der Waals surface area contributed by atoms with Gasteiger partial charge in [-0.1, -0.05) is 60.3 Å². The number of hydrogen-bond donors (Lipinski definition) is 2. The highest BCUT2D eigenvalue weighted by Gasteiger charge is 2.20. The number of rotatable bonds is 7. The summed E-state index contributed by atoms with van der Waals surface area (Å²) in [7, 11) is 0. The van der Waals surface area contributed by atoms with Crippen LogP contribution in [0, 0.1) is 6.92 Å². The molecule has 3 heterocycles. The molecule has 32 heavy (non-hydrogen) atoms. The van der Waals surface area contributed by atoms with E-state index in [2.05, 4.69) is 20.2 Å². The Labute approximate surface area is 188 Å². The van der Waals surface area contributed by atoms with E-state index in [1.54, 1.807) is 6.08 Å². The summed E-state index contributed by atoms with van der Waals surface area (Å²) in [5.74, 6) is 2.46. The molecule has 5 rings (SSSR count). The number of benzene rings is 2. The van der Waals surface area contributed by atoms with Crippen LogP contribution in [0.3, 0.4) is 0 Å². The maximum atomic E-state index is 13.3. The molecule has 0 bridgehead atoms. The molecule has 0 aliphatic carbocycles. The van der Waals surface area contributed by atoms with Crippen molar-refractivity contribution in [1.82, 2.24) is 20.2 Å². The lowest BCUT2D eigenvalue weighted by Crippen LogP contribution is -2.04. The first-order valence-corrected chi connectivity index (χ1v) is 11.1. The summed E-state index contributed by atoms with van der Waals surface area (Å²) in [6.07, 6.45) is 3.62. The van der Waals surface area contributed by atoms with Crippen molar-refractivity contribution in [3.63, 3.8) is 0 Å². The highest BCUT2D eigenvalue weighted by molar-refractivity contribution is 7.99. The van der Waals surface area contributed by atoms with Crippen LogP contribution in [-0.2, 0) is 0 Å². The first-order chi connectivity index (χ1) is 15.7. The highest BCUT2D eigenvalue weighted by Crippen LogP contribution is 2.31. The molecular weight excluding hydrogens is 420 g/mol. The van der Waals surface area contributed by atoms with E-state index in [4.69, 9.17) is 4.42 Å². The number of Topliss-reactive ketones (excluding diaryl/α,β-unsaturated/α-hetero) is 1. The van der Waals surface area contributed by atoms with Crippen molar-refractivity contribution in [1.29, 1.82) is 0 Å². The lowest BCUT2D eigenvalue weighted by Gasteiger charge is -2.04. The number of thioether (sulfide) groups is 1. The van der Waals surface area contributed by atoms with E-state index in [-0.39, 0.29) is 11.5 Å². The van der Waals surface area contributed by atoms with Crippen LogP contribution in [-0.4, -0.2) is 31.7 Å². The summed E-state index contributed by atoms with van der Waals surface area (Å²) in [6.45, 7) is 1.90. The van der Waals surface area contributed by atoms with Crippen LogP contribution in [0.4, 0.5) is 0 Å². The molecule has 0 radical (unpaired) electrons. The standard InChI is InChI=1S/C25H20N4O2S/c1-16-11-12-18(31-16)13-14-22-27-25(29-28-22)32-15-21(30)23-19-9-5-6-10-20(19)26-24(23)17-7-3-2-4-8-17/h2-14,26H,15H2,1H3,(H,27,28,29)/b14-13+. The van der Waals surface area contributed by atoms with Gasteiger partial charge in [0.2, 0.25) is 5.16 Å². The number of nitrogens with zero attached hydrogens (tertiary/aromatic N) is 2. The quantitative estimate of drug-likeness (QED) is 0.239. The first kappa shape index (κ1) is 20.1. The Morgan fingerprint density at radius 1 is 1.03 bits per heavy atom. The Balaban J connectivity index is 1.35. The third-order valence-corrected chi connectivity index (χ3v) is 5.88. The lowest BCUT2D eigenvalue weighted by molar-refractivity contribution is 0.102. The fourth-order valence-corrected chi connectivity index (χ4v) is 4.23. The summed E-state index contributed by atoms with van der Waals surface area (Å²) in [6, 6.07) is 21.6. The Hall–Kier alpha value is -3.84. The number of carbonyl (C=O) groups is 1. The molecule has 0 aliphatic heterocycles. The summed E-state index contributed by atoms with van der Waals surface area (Å²) < 4.78 is 5.51. The second-order valence-corrected chi connectivity index (χ2v) is 8.23. The second-order valence-electron chi connectivity index (χ2n) is 7.28. The molecule has 0 spiro atoms. The van der Waals surface area contributed by atoms with Gasteiger partial charge >= 0.3 is 0 Å². The molecule has 158 valence electrons. The minimum Gasteiger partial charge on any atom is -0.462 e. The monoisotopic (exact) mass is 440 g/mol. The molecule has 2 aromatic carbocycles. The van der Waals surface area contributed by atoms with Crippen LogP contribution in [0.5, 0.6) is 0 Å². The Kier molecular flexibility index (Phi) is 5.47. The zero-order valence-corrected chi connectivity index (χ0v) is 18.1. The van der Waals surface area contributed by atoms with E-state index >= 15 is 0 Å². The van der Waals surface area contributed by atoms with Crippen molar-refractivity contribution in [2.75, 3.05) is 5.75 Å². The molecule has 6 nitrogen and oxygen atoms in total. The molecular formula is C25H20N4O2S. The van der Waals surface area contributed by atoms with E-state index < -0.39 is 0 Å². The van der Waals surface area contributed by atoms with Crippen molar-refractivity contribution in [3.05, 3.63) is 89.6 Å². The van der Waals surface area contributed by atoms with Gasteiger partial charge in [-0.2, -0.15) is 0 Å². The van der Waals surface area contributed by atoms with Crippen LogP contribution in [0.15, 0.2) is 76.3 Å². The number of hydrogen-bond acceptors (Lipinski definition) is 5. The molecule has 0 saturated carbocycles. The molecule has 0 fully saturated rings. The molecule has 0 aliphatic rings. The zero-order chi connectivity index (χ0) is 21.9. The summed E-state index contributed by atoms with van der Waals surface area (Å²) in [5.41, 5.74) is 3.46. The van der Waals surface area contributed by atoms with Crippen molar-refractivity contribution in [2.24, 2.45) is 0 Å². The van der Waals surface area contributed by atoms with Crippen LogP contribution in [0.25, 0.3) is 34.3 Å². The number of nitrogens with one attached hydrogen (secondary N) is 2. The SMILES string of the molecule is Cc1ccc(/C=C/c2nc(SCC(=O)c3c(-c4ccccc4)[nH]c4ccccc34)n[nH]2)o1. The Morgan fingerprint density at radius 3 is 2.66 bits per heavy atom. The first-order valence-electron chi connectivity index (χ1n) is 10.2. The smallest absolute Gasteiger partial charge is 0.209 e. The van der Waals surface area contributed by atoms with Crippen molar-refractivity contribution >= 4 is 40.6 Å². The molecule has 0 atom stereocenters. The van der Waals surface area contributed by atoms with Crippen molar-refractivity contribution in [2.45, 2.75) is 12.1 Å². The minimum atomic E-state index is 0.0271. The highest BCUT2D eigenvalue weighted by atomic mass is 32.2. The normalized spacial score (nSPS) is 11.5. The van der Waals surface area contributed by atoms with Crippen LogP contribution >= 0.6 is 11.8 Å². The summed E-state index contributed by atoms with van der Waals surface area (Å²) >= 11 is 1.31. The molecule has 3 aromatic heterocycles. The molecule has 0 amide bonds. The van der Waals surface area contributed by atoms with Gasteiger partial charge in [0, 0.05) is 10.9 Å². The third kappa shape index (κ3) is 4.15. The predicted octanol–water partition coefficient (Wildman–Crippen LogP) is 6.00. The van der Waals surface area contributed by atoms with Gasteiger partial charge in [0.25, 0.3) is 0 Å². The zero-order valence-electron chi connectivity index (χ0n) is 17.3. The second kappa shape index (κ2) is 8.72. The number of para-hydroxylation sites is 1. The van der Waals surface area contributed by atoms with E-state index in [1.165, 1.54) is 11.8 Å². The van der Waals surface area contributed by atoms with E-state index in [1.807, 2.05) is 79.7 Å². The van der Waals surface area contributed by atoms with E-state index in [9.17, 15) is 4.79 Å². The van der Waals surface area contributed by atoms with Crippen molar-refractivity contribution < 1.29 is 9.21 Å². The van der Waals surface area contributed by atoms with E-state index in [0.717, 1.165) is 33.7 Å². The summed E-state index contributed by atoms with van der Waals surface area (Å²) in [4.78, 5) is 21.1. The fraction of sp³-hybridized carbons (Fsp3) is 0.0800. The number of aromatic amines is 2. The van der Waals surface area contributed by atoms with Gasteiger partial charge in [0.05, 0.1) is 17.0 Å². The van der Waals surface area contributed by atoms with Crippen LogP contribution < -0.4 is 0 Å². The largest absolute Gasteiger partial charge is 0.462 e. The molecule has 7 heteroatoms. The third-order valence-electron chi connectivity index (χ3n) is 5.03. The number of ketones is 1. The van der Waals surface area contributed by atoms with Gasteiger partial charge in [-0.3, -0.25) is 9.89 Å².